The Bertz CT molecular complexity index is 2760. The second kappa shape index (κ2) is 12.1. The maximum atomic E-state index is 5.57. The van der Waals surface area contributed by atoms with E-state index in [2.05, 4.69) is 182 Å². The molecule has 0 fully saturated rings. The van der Waals surface area contributed by atoms with Gasteiger partial charge in [-0.2, -0.15) is 0 Å². The van der Waals surface area contributed by atoms with Gasteiger partial charge in [0.05, 0.1) is 22.2 Å². The molecule has 0 saturated heterocycles. The van der Waals surface area contributed by atoms with Crippen molar-refractivity contribution in [3.8, 4) is 33.9 Å². The summed E-state index contributed by atoms with van der Waals surface area (Å²) in [4.78, 5) is 10.8. The Morgan fingerprint density at radius 3 is 2.12 bits per heavy atom. The predicted molar refractivity (Wildman–Crippen MR) is 227 cm³/mol. The van der Waals surface area contributed by atoms with Crippen LogP contribution in [-0.2, 0) is 10.8 Å². The minimum Gasteiger partial charge on any atom is -0.228 e. The molecule has 6 aromatic rings. The number of aromatic nitrogens is 2. The summed E-state index contributed by atoms with van der Waals surface area (Å²) in [6.07, 6.45) is 23.6. The first-order valence-electron chi connectivity index (χ1n) is 20.3. The molecule has 0 bridgehead atoms. The highest BCUT2D eigenvalue weighted by Gasteiger charge is 2.63. The average molecular weight is 717 g/mol. The molecule has 1 heterocycles. The van der Waals surface area contributed by atoms with Crippen molar-refractivity contribution in [1.29, 1.82) is 0 Å². The van der Waals surface area contributed by atoms with Gasteiger partial charge in [0.2, 0.25) is 0 Å². The Morgan fingerprint density at radius 2 is 1.27 bits per heavy atom. The lowest BCUT2D eigenvalue weighted by molar-refractivity contribution is 0.429. The van der Waals surface area contributed by atoms with E-state index in [1.165, 1.54) is 61.2 Å². The van der Waals surface area contributed by atoms with E-state index in [0.29, 0.717) is 0 Å². The molecule has 0 aliphatic heterocycles. The molecule has 1 aromatic heterocycles. The van der Waals surface area contributed by atoms with Crippen molar-refractivity contribution >= 4 is 0 Å². The van der Waals surface area contributed by atoms with Gasteiger partial charge in [-0.3, -0.25) is 0 Å². The third-order valence-corrected chi connectivity index (χ3v) is 13.6. The number of hydrogen-bond donors (Lipinski definition) is 0. The number of nitrogens with zero attached hydrogens (tertiary/aromatic N) is 2. The fraction of sp³-hybridized carbons (Fsp3) is 0.148. The highest BCUT2D eigenvalue weighted by molar-refractivity contribution is 5.88. The molecule has 0 radical (unpaired) electrons. The minimum atomic E-state index is -0.466. The standard InChI is InChI=1S/C54H40N2/c1-3-18-35(19-4-1)49-34-50(56-52(55-49)36-20-5-2-6-21-36)41-26-17-33-48-51(41)54(44-29-13-9-24-39(44)40-25-10-14-30-45(40)54)47-32-16-15-31-46(47)53(48)42-27-11-7-22-37(42)38-23-8-12-28-43(38)53/h1-9,11-12,15-28,30-34,37,42H,10,13-14,29H2. The molecule has 2 heteroatoms. The zero-order valence-electron chi connectivity index (χ0n) is 31.2. The topological polar surface area (TPSA) is 25.8 Å². The Labute approximate surface area is 328 Å². The lowest BCUT2D eigenvalue weighted by Crippen LogP contribution is -2.47. The zero-order valence-corrected chi connectivity index (χ0v) is 31.2. The van der Waals surface area contributed by atoms with Gasteiger partial charge in [0.15, 0.2) is 5.82 Å². The fourth-order valence-electron chi connectivity index (χ4n) is 11.6. The highest BCUT2D eigenvalue weighted by atomic mass is 14.9. The summed E-state index contributed by atoms with van der Waals surface area (Å²) in [7, 11) is 0. The van der Waals surface area contributed by atoms with E-state index in [1.54, 1.807) is 0 Å². The largest absolute Gasteiger partial charge is 0.228 e. The number of rotatable bonds is 3. The van der Waals surface area contributed by atoms with Crippen LogP contribution >= 0.6 is 0 Å². The van der Waals surface area contributed by atoms with E-state index in [-0.39, 0.29) is 11.8 Å². The van der Waals surface area contributed by atoms with E-state index in [0.717, 1.165) is 54.0 Å². The summed E-state index contributed by atoms with van der Waals surface area (Å²) in [5.41, 5.74) is 18.7. The summed E-state index contributed by atoms with van der Waals surface area (Å²) < 4.78 is 0. The molecule has 5 aromatic carbocycles. The molecule has 266 valence electrons. The van der Waals surface area contributed by atoms with Gasteiger partial charge < -0.3 is 0 Å². The minimum absolute atomic E-state index is 0.221. The molecule has 2 nitrogen and oxygen atoms in total. The van der Waals surface area contributed by atoms with E-state index in [1.807, 2.05) is 0 Å². The van der Waals surface area contributed by atoms with Gasteiger partial charge in [0, 0.05) is 28.5 Å². The van der Waals surface area contributed by atoms with Crippen LogP contribution in [-0.4, -0.2) is 9.97 Å². The maximum Gasteiger partial charge on any atom is 0.160 e. The molecular weight excluding hydrogens is 677 g/mol. The Morgan fingerprint density at radius 1 is 0.571 bits per heavy atom. The SMILES string of the molecule is C1=CC2c3ccccc3C3(c4ccccc4C4(C5=CCCC=C5C5=C4CCC=C5)c4c(-c5cc(-c6ccccc6)nc(-c6ccccc6)n5)cccc43)C2C=C1. The van der Waals surface area contributed by atoms with Crippen molar-refractivity contribution in [2.24, 2.45) is 5.92 Å². The van der Waals surface area contributed by atoms with Crippen molar-refractivity contribution in [3.63, 3.8) is 0 Å². The molecule has 4 atom stereocenters. The summed E-state index contributed by atoms with van der Waals surface area (Å²) >= 11 is 0. The average Bonchev–Trinajstić information content (AvgIpc) is 3.74. The lowest BCUT2D eigenvalue weighted by atomic mass is 9.49. The van der Waals surface area contributed by atoms with E-state index in [4.69, 9.17) is 9.97 Å². The first-order chi connectivity index (χ1) is 27.8. The molecular formula is C54H40N2. The molecule has 0 saturated carbocycles. The van der Waals surface area contributed by atoms with Crippen LogP contribution in [0.15, 0.2) is 204 Å². The van der Waals surface area contributed by atoms with Crippen molar-refractivity contribution in [2.45, 2.75) is 42.4 Å². The second-order valence-corrected chi connectivity index (χ2v) is 16.1. The number of allylic oxidation sites excluding steroid dienone is 12. The summed E-state index contributed by atoms with van der Waals surface area (Å²) in [6.45, 7) is 0. The van der Waals surface area contributed by atoms with Crippen LogP contribution in [0.3, 0.4) is 0 Å². The molecule has 2 spiro atoms. The lowest BCUT2D eigenvalue weighted by Gasteiger charge is -2.52. The number of fused-ring (bicyclic) bond motifs is 15. The van der Waals surface area contributed by atoms with Gasteiger partial charge in [0.1, 0.15) is 0 Å². The maximum absolute atomic E-state index is 5.57. The molecule has 0 amide bonds. The summed E-state index contributed by atoms with van der Waals surface area (Å²) in [6, 6.07) is 49.4. The van der Waals surface area contributed by atoms with Gasteiger partial charge in [-0.05, 0) is 87.4 Å². The first-order valence-corrected chi connectivity index (χ1v) is 20.3. The molecule has 56 heavy (non-hydrogen) atoms. The van der Waals surface area contributed by atoms with E-state index >= 15 is 0 Å². The quantitative estimate of drug-likeness (QED) is 0.182. The fourth-order valence-corrected chi connectivity index (χ4v) is 11.6. The first kappa shape index (κ1) is 31.9. The van der Waals surface area contributed by atoms with Crippen LogP contribution in [0.25, 0.3) is 33.9 Å². The summed E-state index contributed by atoms with van der Waals surface area (Å²) in [5, 5.41) is 0. The van der Waals surface area contributed by atoms with Crippen molar-refractivity contribution in [1.82, 2.24) is 9.97 Å². The normalized spacial score (nSPS) is 24.6. The Hall–Kier alpha value is -6.38. The zero-order chi connectivity index (χ0) is 36.8. The van der Waals surface area contributed by atoms with Gasteiger partial charge >= 0.3 is 0 Å². The van der Waals surface area contributed by atoms with Gasteiger partial charge in [0.25, 0.3) is 0 Å². The van der Waals surface area contributed by atoms with Crippen molar-refractivity contribution in [2.75, 3.05) is 0 Å². The highest BCUT2D eigenvalue weighted by Crippen LogP contribution is 2.71. The van der Waals surface area contributed by atoms with Crippen LogP contribution < -0.4 is 0 Å². The van der Waals surface area contributed by atoms with Crippen molar-refractivity contribution in [3.05, 3.63) is 238 Å². The molecule has 4 unspecified atom stereocenters. The van der Waals surface area contributed by atoms with Crippen LogP contribution in [0.4, 0.5) is 0 Å². The van der Waals surface area contributed by atoms with Crippen molar-refractivity contribution < 1.29 is 0 Å². The van der Waals surface area contributed by atoms with Gasteiger partial charge in [-0.1, -0.05) is 176 Å². The van der Waals surface area contributed by atoms with Crippen LogP contribution in [0, 0.1) is 5.92 Å². The molecule has 6 aliphatic rings. The number of benzene rings is 5. The van der Waals surface area contributed by atoms with E-state index < -0.39 is 10.8 Å². The molecule has 0 N–H and O–H groups in total. The third kappa shape index (κ3) is 4.11. The Kier molecular flexibility index (Phi) is 6.87. The molecule has 12 rings (SSSR count). The van der Waals surface area contributed by atoms with Gasteiger partial charge in [-0.25, -0.2) is 9.97 Å². The Balaban J connectivity index is 1.26. The second-order valence-electron chi connectivity index (χ2n) is 16.1. The third-order valence-electron chi connectivity index (χ3n) is 13.6. The predicted octanol–water partition coefficient (Wildman–Crippen LogP) is 12.6. The summed E-state index contributed by atoms with van der Waals surface area (Å²) in [5.74, 6) is 1.25. The van der Waals surface area contributed by atoms with Crippen LogP contribution in [0.5, 0.6) is 0 Å². The van der Waals surface area contributed by atoms with Crippen LogP contribution in [0.1, 0.15) is 65.0 Å². The van der Waals surface area contributed by atoms with Crippen LogP contribution in [0.2, 0.25) is 0 Å². The van der Waals surface area contributed by atoms with E-state index in [9.17, 15) is 0 Å². The molecule has 6 aliphatic carbocycles. The number of hydrogen-bond acceptors (Lipinski definition) is 2. The monoisotopic (exact) mass is 716 g/mol. The van der Waals surface area contributed by atoms with Gasteiger partial charge in [-0.15, -0.1) is 0 Å². The smallest absolute Gasteiger partial charge is 0.160 e.